The van der Waals surface area contributed by atoms with Gasteiger partial charge >= 0.3 is 6.03 Å². The zero-order valence-electron chi connectivity index (χ0n) is 14.4. The lowest BCUT2D eigenvalue weighted by Crippen LogP contribution is -2.37. The first-order valence-corrected chi connectivity index (χ1v) is 8.14. The Morgan fingerprint density at radius 2 is 2.08 bits per heavy atom. The van der Waals surface area contributed by atoms with Gasteiger partial charge in [0.15, 0.2) is 0 Å². The lowest BCUT2D eigenvalue weighted by atomic mass is 10.2. The average Bonchev–Trinajstić information content (AvgIpc) is 2.76. The van der Waals surface area contributed by atoms with E-state index in [2.05, 4.69) is 10.4 Å². The number of benzene rings is 1. The van der Waals surface area contributed by atoms with E-state index in [1.165, 1.54) is 0 Å². The van der Waals surface area contributed by atoms with Gasteiger partial charge in [-0.2, -0.15) is 5.10 Å². The molecule has 1 heterocycles. The molecule has 0 aliphatic rings. The number of nitrogens with zero attached hydrogens (tertiary/aromatic N) is 3. The zero-order chi connectivity index (χ0) is 17.9. The number of aliphatic hydroxyl groups is 1. The maximum Gasteiger partial charge on any atom is 0.322 e. The van der Waals surface area contributed by atoms with E-state index >= 15 is 0 Å². The van der Waals surface area contributed by atoms with E-state index in [1.807, 2.05) is 40.0 Å². The highest BCUT2D eigenvalue weighted by Crippen LogP contribution is 2.26. The van der Waals surface area contributed by atoms with Crippen molar-refractivity contribution < 1.29 is 9.90 Å². The predicted octanol–water partition coefficient (Wildman–Crippen LogP) is 3.03. The Hall–Kier alpha value is -2.05. The number of hydrogen-bond donors (Lipinski definition) is 2. The van der Waals surface area contributed by atoms with E-state index in [0.717, 1.165) is 22.5 Å². The fourth-order valence-corrected chi connectivity index (χ4v) is 2.86. The van der Waals surface area contributed by atoms with Crippen molar-refractivity contribution >= 4 is 23.3 Å². The van der Waals surface area contributed by atoms with Gasteiger partial charge < -0.3 is 15.3 Å². The topological polar surface area (TPSA) is 70.4 Å². The van der Waals surface area contributed by atoms with Crippen molar-refractivity contribution in [1.82, 2.24) is 14.7 Å². The molecule has 2 amide bonds. The number of carbonyl (C=O) groups is 1. The molecule has 2 rings (SSSR count). The quantitative estimate of drug-likeness (QED) is 0.870. The number of hydrogen-bond acceptors (Lipinski definition) is 3. The van der Waals surface area contributed by atoms with E-state index in [0.29, 0.717) is 17.3 Å². The summed E-state index contributed by atoms with van der Waals surface area (Å²) in [5, 5.41) is 17.0. The van der Waals surface area contributed by atoms with Crippen molar-refractivity contribution in [2.75, 3.05) is 18.5 Å². The molecular formula is C17H23ClN4O2. The van der Waals surface area contributed by atoms with E-state index in [4.69, 9.17) is 11.6 Å². The number of urea groups is 1. The third kappa shape index (κ3) is 3.88. The van der Waals surface area contributed by atoms with Crippen LogP contribution >= 0.6 is 11.6 Å². The van der Waals surface area contributed by atoms with E-state index in [9.17, 15) is 9.90 Å². The summed E-state index contributed by atoms with van der Waals surface area (Å²) < 4.78 is 1.79. The predicted molar refractivity (Wildman–Crippen MR) is 95.4 cm³/mol. The van der Waals surface area contributed by atoms with Crippen LogP contribution in [0.1, 0.15) is 22.5 Å². The van der Waals surface area contributed by atoms with Crippen LogP contribution < -0.4 is 5.32 Å². The van der Waals surface area contributed by atoms with Crippen molar-refractivity contribution in [3.05, 3.63) is 45.7 Å². The normalized spacial score (nSPS) is 10.8. The minimum absolute atomic E-state index is 0.118. The molecule has 0 saturated heterocycles. The standard InChI is InChI=1S/C17H23ClN4O2/c1-11-6-5-7-15(18)16(11)19-17(24)22(8-9-23)10-14-12(2)20-21(4)13(14)3/h5-7,23H,8-10H2,1-4H3,(H,19,24). The van der Waals surface area contributed by atoms with Crippen molar-refractivity contribution in [1.29, 1.82) is 0 Å². The van der Waals surface area contributed by atoms with Crippen LogP contribution in [0.3, 0.4) is 0 Å². The molecule has 2 aromatic rings. The third-order valence-electron chi connectivity index (χ3n) is 4.12. The number of aryl methyl sites for hydroxylation is 3. The molecule has 0 saturated carbocycles. The van der Waals surface area contributed by atoms with Crippen molar-refractivity contribution in [2.24, 2.45) is 7.05 Å². The highest BCUT2D eigenvalue weighted by molar-refractivity contribution is 6.33. The van der Waals surface area contributed by atoms with Crippen LogP contribution in [0.5, 0.6) is 0 Å². The summed E-state index contributed by atoms with van der Waals surface area (Å²) in [5.74, 6) is 0. The van der Waals surface area contributed by atoms with Crippen LogP contribution in [0, 0.1) is 20.8 Å². The fourth-order valence-electron chi connectivity index (χ4n) is 2.59. The van der Waals surface area contributed by atoms with Gasteiger partial charge in [-0.1, -0.05) is 23.7 Å². The van der Waals surface area contributed by atoms with Crippen LogP contribution in [-0.4, -0.2) is 39.0 Å². The summed E-state index contributed by atoms with van der Waals surface area (Å²) in [5.41, 5.74) is 4.33. The van der Waals surface area contributed by atoms with Crippen molar-refractivity contribution in [2.45, 2.75) is 27.3 Å². The second-order valence-corrected chi connectivity index (χ2v) is 6.19. The number of para-hydroxylation sites is 1. The molecule has 1 aromatic heterocycles. The molecule has 0 aliphatic carbocycles. The van der Waals surface area contributed by atoms with Gasteiger partial charge in [0.2, 0.25) is 0 Å². The summed E-state index contributed by atoms with van der Waals surface area (Å²) in [6.07, 6.45) is 0. The van der Waals surface area contributed by atoms with Gasteiger partial charge in [0, 0.05) is 24.8 Å². The smallest absolute Gasteiger partial charge is 0.322 e. The van der Waals surface area contributed by atoms with E-state index in [-0.39, 0.29) is 19.2 Å². The number of nitrogens with one attached hydrogen (secondary N) is 1. The largest absolute Gasteiger partial charge is 0.395 e. The maximum atomic E-state index is 12.7. The molecule has 0 bridgehead atoms. The lowest BCUT2D eigenvalue weighted by molar-refractivity contribution is 0.185. The number of rotatable bonds is 5. The van der Waals surface area contributed by atoms with E-state index in [1.54, 1.807) is 15.6 Å². The molecule has 130 valence electrons. The Bertz CT molecular complexity index is 722. The fraction of sp³-hybridized carbons (Fsp3) is 0.412. The van der Waals surface area contributed by atoms with Crippen molar-refractivity contribution in [3.8, 4) is 0 Å². The molecule has 0 fully saturated rings. The number of aromatic nitrogens is 2. The first-order chi connectivity index (χ1) is 11.3. The summed E-state index contributed by atoms with van der Waals surface area (Å²) in [4.78, 5) is 14.2. The van der Waals surface area contributed by atoms with Crippen LogP contribution in [0.4, 0.5) is 10.5 Å². The van der Waals surface area contributed by atoms with Crippen molar-refractivity contribution in [3.63, 3.8) is 0 Å². The van der Waals surface area contributed by atoms with Gasteiger partial charge in [-0.3, -0.25) is 4.68 Å². The second kappa shape index (κ2) is 7.68. The maximum absolute atomic E-state index is 12.7. The summed E-state index contributed by atoms with van der Waals surface area (Å²) in [7, 11) is 1.87. The first kappa shape index (κ1) is 18.3. The zero-order valence-corrected chi connectivity index (χ0v) is 15.2. The SMILES string of the molecule is Cc1cccc(Cl)c1NC(=O)N(CCO)Cc1c(C)nn(C)c1C. The number of amides is 2. The summed E-state index contributed by atoms with van der Waals surface area (Å²) >= 11 is 6.17. The van der Waals surface area contributed by atoms with Crippen LogP contribution in [-0.2, 0) is 13.6 Å². The van der Waals surface area contributed by atoms with Gasteiger partial charge in [0.25, 0.3) is 0 Å². The van der Waals surface area contributed by atoms with Gasteiger partial charge in [-0.25, -0.2) is 4.79 Å². The summed E-state index contributed by atoms with van der Waals surface area (Å²) in [6.45, 7) is 6.24. The second-order valence-electron chi connectivity index (χ2n) is 5.78. The number of carbonyl (C=O) groups excluding carboxylic acids is 1. The van der Waals surface area contributed by atoms with Gasteiger partial charge in [-0.05, 0) is 32.4 Å². The molecule has 24 heavy (non-hydrogen) atoms. The average molecular weight is 351 g/mol. The Morgan fingerprint density at radius 3 is 2.62 bits per heavy atom. The van der Waals surface area contributed by atoms with Crippen LogP contribution in [0.15, 0.2) is 18.2 Å². The number of aliphatic hydroxyl groups excluding tert-OH is 1. The molecule has 7 heteroatoms. The molecule has 0 spiro atoms. The van der Waals surface area contributed by atoms with Crippen LogP contribution in [0.25, 0.3) is 0 Å². The molecular weight excluding hydrogens is 328 g/mol. The molecule has 0 atom stereocenters. The molecule has 0 aliphatic heterocycles. The molecule has 1 aromatic carbocycles. The minimum atomic E-state index is -0.303. The molecule has 2 N–H and O–H groups in total. The summed E-state index contributed by atoms with van der Waals surface area (Å²) in [6, 6.07) is 5.15. The van der Waals surface area contributed by atoms with Gasteiger partial charge in [0.1, 0.15) is 0 Å². The molecule has 0 unspecified atom stereocenters. The van der Waals surface area contributed by atoms with Gasteiger partial charge in [0.05, 0.1) is 29.6 Å². The highest BCUT2D eigenvalue weighted by Gasteiger charge is 2.19. The van der Waals surface area contributed by atoms with Crippen LogP contribution in [0.2, 0.25) is 5.02 Å². The molecule has 0 radical (unpaired) electrons. The van der Waals surface area contributed by atoms with E-state index < -0.39 is 0 Å². The number of halogens is 1. The Kier molecular flexibility index (Phi) is 5.85. The Labute approximate surface area is 147 Å². The molecule has 6 nitrogen and oxygen atoms in total. The lowest BCUT2D eigenvalue weighted by Gasteiger charge is -2.23. The van der Waals surface area contributed by atoms with Gasteiger partial charge in [-0.15, -0.1) is 0 Å². The first-order valence-electron chi connectivity index (χ1n) is 7.76. The highest BCUT2D eigenvalue weighted by atomic mass is 35.5. The Morgan fingerprint density at radius 1 is 1.38 bits per heavy atom. The minimum Gasteiger partial charge on any atom is -0.395 e. The number of anilines is 1. The Balaban J connectivity index is 2.22. The third-order valence-corrected chi connectivity index (χ3v) is 4.43. The monoisotopic (exact) mass is 350 g/mol.